The Kier molecular flexibility index (Phi) is 7.50. The molecule has 0 aliphatic heterocycles. The van der Waals surface area contributed by atoms with Gasteiger partial charge in [-0.3, -0.25) is 4.79 Å². The third-order valence-corrected chi connectivity index (χ3v) is 5.95. The van der Waals surface area contributed by atoms with Crippen molar-refractivity contribution in [1.29, 1.82) is 0 Å². The first kappa shape index (κ1) is 20.7. The molecule has 0 aliphatic rings. The maximum Gasteiger partial charge on any atom is 0.321 e. The molecule has 0 bridgehead atoms. The van der Waals surface area contributed by atoms with Gasteiger partial charge in [-0.25, -0.2) is 4.39 Å². The Balaban J connectivity index is 2.44. The Morgan fingerprint density at radius 1 is 1.19 bits per heavy atom. The molecule has 2 atom stereocenters. The normalized spacial score (nSPS) is 13.4. The van der Waals surface area contributed by atoms with E-state index in [1.54, 1.807) is 12.1 Å². The van der Waals surface area contributed by atoms with Crippen LogP contribution in [0.5, 0.6) is 0 Å². The van der Waals surface area contributed by atoms with Crippen molar-refractivity contribution in [3.8, 4) is 0 Å². The van der Waals surface area contributed by atoms with Gasteiger partial charge >= 0.3 is 5.97 Å². The van der Waals surface area contributed by atoms with Gasteiger partial charge in [0.05, 0.1) is 5.25 Å². The molecule has 0 radical (unpaired) electrons. The molecule has 0 spiro atoms. The molecule has 0 saturated heterocycles. The highest BCUT2D eigenvalue weighted by atomic mass is 35.5. The summed E-state index contributed by atoms with van der Waals surface area (Å²) in [7, 11) is 0. The average molecular weight is 396 g/mol. The first-order valence-corrected chi connectivity index (χ1v) is 9.96. The van der Waals surface area contributed by atoms with Crippen molar-refractivity contribution in [3.05, 3.63) is 69.5 Å². The lowest BCUT2D eigenvalue weighted by atomic mass is 9.96. The molecule has 1 unspecified atom stereocenters. The molecule has 2 aromatic carbocycles. The summed E-state index contributed by atoms with van der Waals surface area (Å²) in [5.41, 5.74) is 9.54. The van der Waals surface area contributed by atoms with E-state index < -0.39 is 17.8 Å². The first-order chi connectivity index (χ1) is 12.4. The first-order valence-electron chi connectivity index (χ1n) is 8.54. The number of carboxylic acids is 1. The van der Waals surface area contributed by atoms with Crippen LogP contribution in [0.2, 0.25) is 5.02 Å². The number of thioether (sulfide) groups is 1. The number of nitrogens with two attached hydrogens (primary N) is 1. The lowest BCUT2D eigenvalue weighted by molar-refractivity contribution is -0.137. The topological polar surface area (TPSA) is 63.3 Å². The second-order valence-electron chi connectivity index (χ2n) is 6.06. The third kappa shape index (κ3) is 5.00. The molecule has 2 rings (SSSR count). The molecule has 3 N–H and O–H groups in total. The number of halogens is 2. The largest absolute Gasteiger partial charge is 0.480 e. The molecular weight excluding hydrogens is 373 g/mol. The van der Waals surface area contributed by atoms with Gasteiger partial charge in [0.25, 0.3) is 0 Å². The van der Waals surface area contributed by atoms with Crippen LogP contribution in [0.1, 0.15) is 41.4 Å². The van der Waals surface area contributed by atoms with Crippen LogP contribution in [0.3, 0.4) is 0 Å². The summed E-state index contributed by atoms with van der Waals surface area (Å²) in [6.45, 7) is 4.19. The molecule has 0 aliphatic carbocycles. The Labute approximate surface area is 162 Å². The minimum absolute atomic E-state index is 0.180. The van der Waals surface area contributed by atoms with E-state index in [1.807, 2.05) is 6.07 Å². The highest BCUT2D eigenvalue weighted by Gasteiger charge is 2.22. The van der Waals surface area contributed by atoms with Crippen molar-refractivity contribution in [2.75, 3.05) is 5.75 Å². The summed E-state index contributed by atoms with van der Waals surface area (Å²) in [6, 6.07) is 9.70. The van der Waals surface area contributed by atoms with Crippen LogP contribution in [0, 0.1) is 5.82 Å². The van der Waals surface area contributed by atoms with E-state index in [4.69, 9.17) is 22.4 Å². The number of benzene rings is 2. The predicted molar refractivity (Wildman–Crippen MR) is 107 cm³/mol. The van der Waals surface area contributed by atoms with Crippen LogP contribution in [-0.2, 0) is 17.6 Å². The summed E-state index contributed by atoms with van der Waals surface area (Å²) in [4.78, 5) is 11.1. The molecule has 0 heterocycles. The Morgan fingerprint density at radius 3 is 2.46 bits per heavy atom. The summed E-state index contributed by atoms with van der Waals surface area (Å²) in [5.74, 6) is -1.29. The zero-order chi connectivity index (χ0) is 19.3. The van der Waals surface area contributed by atoms with Crippen molar-refractivity contribution in [1.82, 2.24) is 0 Å². The molecule has 26 heavy (non-hydrogen) atoms. The molecular formula is C20H23ClFNO2S. The lowest BCUT2D eigenvalue weighted by Gasteiger charge is -2.21. The van der Waals surface area contributed by atoms with Crippen molar-refractivity contribution >= 4 is 29.3 Å². The third-order valence-electron chi connectivity index (χ3n) is 4.30. The van der Waals surface area contributed by atoms with Gasteiger partial charge in [-0.1, -0.05) is 49.7 Å². The van der Waals surface area contributed by atoms with Crippen molar-refractivity contribution in [2.45, 2.75) is 38.0 Å². The fourth-order valence-corrected chi connectivity index (χ4v) is 4.24. The molecule has 3 nitrogen and oxygen atoms in total. The molecule has 6 heteroatoms. The SMILES string of the molecule is CCc1ccc(C(SC[C@H](N)C(=O)O)c2ccc(Cl)cc2F)cc1CC. The average Bonchev–Trinajstić information content (AvgIpc) is 2.62. The number of aryl methyl sites for hydroxylation is 2. The summed E-state index contributed by atoms with van der Waals surface area (Å²) >= 11 is 7.21. The van der Waals surface area contributed by atoms with E-state index in [2.05, 4.69) is 26.0 Å². The molecule has 0 fully saturated rings. The van der Waals surface area contributed by atoms with Gasteiger partial charge in [-0.2, -0.15) is 0 Å². The van der Waals surface area contributed by atoms with Gasteiger partial charge in [0.2, 0.25) is 0 Å². The monoisotopic (exact) mass is 395 g/mol. The van der Waals surface area contributed by atoms with Crippen molar-refractivity contribution in [2.24, 2.45) is 5.73 Å². The van der Waals surface area contributed by atoms with Crippen LogP contribution in [0.15, 0.2) is 36.4 Å². The molecule has 0 saturated carbocycles. The number of hydrogen-bond donors (Lipinski definition) is 2. The van der Waals surface area contributed by atoms with E-state index in [-0.39, 0.29) is 11.0 Å². The summed E-state index contributed by atoms with van der Waals surface area (Å²) < 4.78 is 14.6. The minimum Gasteiger partial charge on any atom is -0.480 e. The maximum absolute atomic E-state index is 14.6. The van der Waals surface area contributed by atoms with Gasteiger partial charge in [0, 0.05) is 16.3 Å². The van der Waals surface area contributed by atoms with E-state index in [0.29, 0.717) is 10.6 Å². The van der Waals surface area contributed by atoms with E-state index in [1.165, 1.54) is 29.0 Å². The Hall–Kier alpha value is -1.56. The molecule has 0 amide bonds. The molecule has 0 aromatic heterocycles. The fourth-order valence-electron chi connectivity index (χ4n) is 2.83. The van der Waals surface area contributed by atoms with Gasteiger partial charge in [0.15, 0.2) is 0 Å². The molecule has 140 valence electrons. The van der Waals surface area contributed by atoms with Crippen LogP contribution in [0.4, 0.5) is 4.39 Å². The quantitative estimate of drug-likeness (QED) is 0.671. The van der Waals surface area contributed by atoms with Crippen LogP contribution >= 0.6 is 23.4 Å². The zero-order valence-electron chi connectivity index (χ0n) is 14.8. The summed E-state index contributed by atoms with van der Waals surface area (Å²) in [5, 5.41) is 9.02. The molecule has 2 aromatic rings. The number of carbonyl (C=O) groups is 1. The van der Waals surface area contributed by atoms with E-state index in [0.717, 1.165) is 18.4 Å². The minimum atomic E-state index is -1.07. The second kappa shape index (κ2) is 9.40. The van der Waals surface area contributed by atoms with E-state index in [9.17, 15) is 9.18 Å². The second-order valence-corrected chi connectivity index (χ2v) is 7.63. The smallest absolute Gasteiger partial charge is 0.321 e. The van der Waals surface area contributed by atoms with Gasteiger partial charge in [-0.15, -0.1) is 11.8 Å². The fraction of sp³-hybridized carbons (Fsp3) is 0.350. The van der Waals surface area contributed by atoms with Gasteiger partial charge in [-0.05, 0) is 41.7 Å². The lowest BCUT2D eigenvalue weighted by Crippen LogP contribution is -2.32. The highest BCUT2D eigenvalue weighted by Crippen LogP contribution is 2.38. The Morgan fingerprint density at radius 2 is 1.88 bits per heavy atom. The number of carboxylic acid groups (broad SMARTS) is 1. The highest BCUT2D eigenvalue weighted by molar-refractivity contribution is 7.99. The van der Waals surface area contributed by atoms with Crippen molar-refractivity contribution < 1.29 is 14.3 Å². The van der Waals surface area contributed by atoms with E-state index >= 15 is 0 Å². The standard InChI is InChI=1S/C20H23ClFNO2S/c1-3-12-5-6-14(9-13(12)4-2)19(26-11-18(23)20(24)25)16-8-7-15(21)10-17(16)22/h5-10,18-19H,3-4,11,23H2,1-2H3,(H,24,25)/t18-,19?/m0/s1. The number of aliphatic carboxylic acids is 1. The zero-order valence-corrected chi connectivity index (χ0v) is 16.4. The van der Waals surface area contributed by atoms with Crippen LogP contribution < -0.4 is 5.73 Å². The maximum atomic E-state index is 14.6. The number of rotatable bonds is 8. The summed E-state index contributed by atoms with van der Waals surface area (Å²) in [6.07, 6.45) is 1.81. The van der Waals surface area contributed by atoms with Gasteiger partial charge in [0.1, 0.15) is 11.9 Å². The van der Waals surface area contributed by atoms with Crippen LogP contribution in [0.25, 0.3) is 0 Å². The van der Waals surface area contributed by atoms with Crippen LogP contribution in [-0.4, -0.2) is 22.9 Å². The number of hydrogen-bond acceptors (Lipinski definition) is 3. The predicted octanol–water partition coefficient (Wildman–Crippen LogP) is 4.84. The Bertz CT molecular complexity index is 784. The van der Waals surface area contributed by atoms with Gasteiger partial charge < -0.3 is 10.8 Å². The van der Waals surface area contributed by atoms with Crippen molar-refractivity contribution in [3.63, 3.8) is 0 Å².